The van der Waals surface area contributed by atoms with Crippen molar-refractivity contribution in [3.05, 3.63) is 54.1 Å². The molecule has 16 heavy (non-hydrogen) atoms. The van der Waals surface area contributed by atoms with Crippen LogP contribution in [0.15, 0.2) is 37.3 Å². The molecule has 0 atom stereocenters. The van der Waals surface area contributed by atoms with E-state index in [1.165, 1.54) is 5.56 Å². The Kier molecular flexibility index (Phi) is 2.03. The molecule has 1 aromatic carbocycles. The quantitative estimate of drug-likeness (QED) is 0.830. The van der Waals surface area contributed by atoms with Crippen LogP contribution in [0.2, 0.25) is 0 Å². The topological polar surface area (TPSA) is 37.9 Å². The fourth-order valence-corrected chi connectivity index (χ4v) is 2.07. The van der Waals surface area contributed by atoms with Gasteiger partial charge in [0.2, 0.25) is 0 Å². The van der Waals surface area contributed by atoms with Gasteiger partial charge in [0.25, 0.3) is 0 Å². The number of hydrogen-bond acceptors (Lipinski definition) is 2. The van der Waals surface area contributed by atoms with Gasteiger partial charge in [-0.2, -0.15) is 0 Å². The molecule has 0 fully saturated rings. The van der Waals surface area contributed by atoms with E-state index < -0.39 is 0 Å². The van der Waals surface area contributed by atoms with Crippen molar-refractivity contribution in [2.24, 2.45) is 0 Å². The number of fused-ring (bicyclic) bond motifs is 1. The van der Waals surface area contributed by atoms with Crippen molar-refractivity contribution in [2.75, 3.05) is 6.61 Å². The molecular weight excluding hydrogens is 200 g/mol. The highest BCUT2D eigenvalue weighted by atomic mass is 16.5. The molecular formula is C13H12N2O. The van der Waals surface area contributed by atoms with Gasteiger partial charge in [0.15, 0.2) is 0 Å². The van der Waals surface area contributed by atoms with Crippen molar-refractivity contribution < 1.29 is 4.74 Å². The first kappa shape index (κ1) is 9.21. The molecule has 0 saturated heterocycles. The molecule has 0 amide bonds. The molecule has 1 aromatic heterocycles. The van der Waals surface area contributed by atoms with Crippen LogP contribution in [0.3, 0.4) is 0 Å². The molecule has 2 aromatic rings. The monoisotopic (exact) mass is 212 g/mol. The number of hydrogen-bond donors (Lipinski definition) is 1. The molecule has 3 nitrogen and oxygen atoms in total. The molecule has 1 aliphatic heterocycles. The number of aromatic amines is 1. The van der Waals surface area contributed by atoms with E-state index in [1.807, 2.05) is 18.3 Å². The van der Waals surface area contributed by atoms with Crippen LogP contribution in [-0.4, -0.2) is 16.6 Å². The van der Waals surface area contributed by atoms with Crippen molar-refractivity contribution in [2.45, 2.75) is 6.42 Å². The molecule has 1 N–H and O–H groups in total. The van der Waals surface area contributed by atoms with Crippen molar-refractivity contribution >= 4 is 5.57 Å². The molecule has 0 radical (unpaired) electrons. The first-order valence-electron chi connectivity index (χ1n) is 5.29. The van der Waals surface area contributed by atoms with Gasteiger partial charge in [-0.05, 0) is 11.6 Å². The standard InChI is InChI=1S/C13H12N2O/c1-9(12-7-14-8-15-12)10-3-2-4-13-11(10)5-6-16-13/h2-4,7-8H,1,5-6H2,(H,14,15). The van der Waals surface area contributed by atoms with Gasteiger partial charge in [-0.3, -0.25) is 0 Å². The van der Waals surface area contributed by atoms with E-state index in [4.69, 9.17) is 4.74 Å². The minimum Gasteiger partial charge on any atom is -0.493 e. The van der Waals surface area contributed by atoms with Gasteiger partial charge in [-0.25, -0.2) is 4.98 Å². The summed E-state index contributed by atoms with van der Waals surface area (Å²) >= 11 is 0. The number of rotatable bonds is 2. The Hall–Kier alpha value is -2.03. The molecule has 80 valence electrons. The van der Waals surface area contributed by atoms with Gasteiger partial charge in [0.05, 0.1) is 18.6 Å². The predicted octanol–water partition coefficient (Wildman–Crippen LogP) is 2.41. The van der Waals surface area contributed by atoms with Crippen LogP contribution in [0.25, 0.3) is 5.57 Å². The minimum absolute atomic E-state index is 0.764. The lowest BCUT2D eigenvalue weighted by Gasteiger charge is -2.07. The summed E-state index contributed by atoms with van der Waals surface area (Å²) in [6.07, 6.45) is 4.48. The predicted molar refractivity (Wildman–Crippen MR) is 62.4 cm³/mol. The van der Waals surface area contributed by atoms with Crippen LogP contribution >= 0.6 is 0 Å². The Morgan fingerprint density at radius 2 is 2.38 bits per heavy atom. The average molecular weight is 212 g/mol. The van der Waals surface area contributed by atoms with Gasteiger partial charge >= 0.3 is 0 Å². The van der Waals surface area contributed by atoms with Crippen LogP contribution in [0.5, 0.6) is 5.75 Å². The highest BCUT2D eigenvalue weighted by Gasteiger charge is 2.18. The maximum absolute atomic E-state index is 5.54. The van der Waals surface area contributed by atoms with Crippen molar-refractivity contribution in [3.63, 3.8) is 0 Å². The molecule has 1 aliphatic rings. The lowest BCUT2D eigenvalue weighted by atomic mass is 9.97. The van der Waals surface area contributed by atoms with Crippen LogP contribution in [0, 0.1) is 0 Å². The summed E-state index contributed by atoms with van der Waals surface area (Å²) in [5, 5.41) is 0. The van der Waals surface area contributed by atoms with E-state index in [0.717, 1.165) is 35.6 Å². The van der Waals surface area contributed by atoms with E-state index in [-0.39, 0.29) is 0 Å². The third kappa shape index (κ3) is 1.33. The van der Waals surface area contributed by atoms with E-state index in [0.29, 0.717) is 0 Å². The summed E-state index contributed by atoms with van der Waals surface area (Å²) in [7, 11) is 0. The van der Waals surface area contributed by atoms with E-state index in [2.05, 4.69) is 22.6 Å². The number of benzene rings is 1. The number of H-pyrrole nitrogens is 1. The third-order valence-electron chi connectivity index (χ3n) is 2.88. The molecule has 2 heterocycles. The molecule has 3 rings (SSSR count). The largest absolute Gasteiger partial charge is 0.493 e. The van der Waals surface area contributed by atoms with Crippen LogP contribution in [-0.2, 0) is 6.42 Å². The number of aromatic nitrogens is 2. The average Bonchev–Trinajstić information content (AvgIpc) is 2.98. The summed E-state index contributed by atoms with van der Waals surface area (Å²) in [4.78, 5) is 7.17. The zero-order valence-electron chi connectivity index (χ0n) is 8.86. The highest BCUT2D eigenvalue weighted by Crippen LogP contribution is 2.33. The molecule has 0 unspecified atom stereocenters. The van der Waals surface area contributed by atoms with Crippen molar-refractivity contribution in [1.82, 2.24) is 9.97 Å². The Labute approximate surface area is 93.8 Å². The first-order chi connectivity index (χ1) is 7.86. The smallest absolute Gasteiger partial charge is 0.123 e. The summed E-state index contributed by atoms with van der Waals surface area (Å²) in [5.74, 6) is 0.981. The molecule has 0 saturated carbocycles. The Bertz CT molecular complexity index is 529. The van der Waals surface area contributed by atoms with E-state index in [1.54, 1.807) is 6.33 Å². The Morgan fingerprint density at radius 1 is 1.44 bits per heavy atom. The maximum Gasteiger partial charge on any atom is 0.123 e. The summed E-state index contributed by atoms with van der Waals surface area (Å²) in [5.41, 5.74) is 4.22. The van der Waals surface area contributed by atoms with Crippen LogP contribution in [0.4, 0.5) is 0 Å². The number of nitrogens with one attached hydrogen (secondary N) is 1. The number of ether oxygens (including phenoxy) is 1. The van der Waals surface area contributed by atoms with E-state index in [9.17, 15) is 0 Å². The highest BCUT2D eigenvalue weighted by molar-refractivity contribution is 5.79. The van der Waals surface area contributed by atoms with Gasteiger partial charge in [-0.1, -0.05) is 18.7 Å². The second kappa shape index (κ2) is 3.52. The fraction of sp³-hybridized carbons (Fsp3) is 0.154. The van der Waals surface area contributed by atoms with Crippen LogP contribution < -0.4 is 4.74 Å². The lowest BCUT2D eigenvalue weighted by molar-refractivity contribution is 0.357. The van der Waals surface area contributed by atoms with Gasteiger partial charge in [0.1, 0.15) is 5.75 Å². The normalized spacial score (nSPS) is 13.2. The Balaban J connectivity index is 2.08. The first-order valence-corrected chi connectivity index (χ1v) is 5.29. The number of nitrogens with zero attached hydrogens (tertiary/aromatic N) is 1. The van der Waals surface area contributed by atoms with Crippen molar-refractivity contribution in [3.8, 4) is 5.75 Å². The molecule has 0 aliphatic carbocycles. The second-order valence-electron chi connectivity index (χ2n) is 3.81. The van der Waals surface area contributed by atoms with Gasteiger partial charge in [0, 0.05) is 23.8 Å². The Morgan fingerprint density at radius 3 is 3.19 bits per heavy atom. The summed E-state index contributed by atoms with van der Waals surface area (Å²) in [6.45, 7) is 4.87. The molecule has 0 bridgehead atoms. The lowest BCUT2D eigenvalue weighted by Crippen LogP contribution is -1.92. The summed E-state index contributed by atoms with van der Waals surface area (Å²) in [6, 6.07) is 6.07. The van der Waals surface area contributed by atoms with E-state index >= 15 is 0 Å². The molecule has 0 spiro atoms. The maximum atomic E-state index is 5.54. The van der Waals surface area contributed by atoms with Gasteiger partial charge < -0.3 is 9.72 Å². The van der Waals surface area contributed by atoms with Gasteiger partial charge in [-0.15, -0.1) is 0 Å². The zero-order valence-corrected chi connectivity index (χ0v) is 8.86. The minimum atomic E-state index is 0.764. The SMILES string of the molecule is C=C(c1c[nH]cn1)c1cccc2c1CCO2. The zero-order chi connectivity index (χ0) is 11.0. The third-order valence-corrected chi connectivity index (χ3v) is 2.88. The number of imidazole rings is 1. The van der Waals surface area contributed by atoms with Crippen molar-refractivity contribution in [1.29, 1.82) is 0 Å². The summed E-state index contributed by atoms with van der Waals surface area (Å²) < 4.78 is 5.54. The van der Waals surface area contributed by atoms with Crippen LogP contribution in [0.1, 0.15) is 16.8 Å². The molecule has 3 heteroatoms. The fourth-order valence-electron chi connectivity index (χ4n) is 2.07. The second-order valence-corrected chi connectivity index (χ2v) is 3.81.